The second-order valence-corrected chi connectivity index (χ2v) is 7.32. The van der Waals surface area contributed by atoms with Crippen molar-refractivity contribution in [3.05, 3.63) is 40.2 Å². The highest BCUT2D eigenvalue weighted by atomic mass is 16.6. The van der Waals surface area contributed by atoms with Crippen LogP contribution < -0.4 is 15.7 Å². The molecule has 0 spiro atoms. The number of amides is 1. The molecule has 1 amide bonds. The first-order valence-corrected chi connectivity index (χ1v) is 8.85. The summed E-state index contributed by atoms with van der Waals surface area (Å²) >= 11 is 0. The van der Waals surface area contributed by atoms with Crippen molar-refractivity contribution in [2.24, 2.45) is 0 Å². The molecule has 0 saturated carbocycles. The highest BCUT2D eigenvalue weighted by molar-refractivity contribution is 5.85. The number of fused-ring (bicyclic) bond motifs is 1. The van der Waals surface area contributed by atoms with Crippen LogP contribution in [0.4, 0.5) is 4.79 Å². The zero-order chi connectivity index (χ0) is 20.2. The molecule has 1 aromatic carbocycles. The largest absolute Gasteiger partial charge is 0.444 e. The van der Waals surface area contributed by atoms with Crippen molar-refractivity contribution < 1.29 is 23.5 Å². The SMILES string of the molecule is CCC[C@H](NC(=O)OC(C)(C)C)C(=O)Oc1ccc2c(C)cc(=O)oc2c1. The van der Waals surface area contributed by atoms with Crippen LogP contribution in [0.15, 0.2) is 33.5 Å². The normalized spacial score (nSPS) is 12.5. The van der Waals surface area contributed by atoms with E-state index in [1.165, 1.54) is 12.1 Å². The lowest BCUT2D eigenvalue weighted by Crippen LogP contribution is -2.45. The molecule has 146 valence electrons. The van der Waals surface area contributed by atoms with Gasteiger partial charge in [-0.1, -0.05) is 13.3 Å². The number of nitrogens with one attached hydrogen (secondary N) is 1. The summed E-state index contributed by atoms with van der Waals surface area (Å²) in [7, 11) is 0. The Bertz CT molecular complexity index is 893. The van der Waals surface area contributed by atoms with Gasteiger partial charge >= 0.3 is 17.7 Å². The van der Waals surface area contributed by atoms with Gasteiger partial charge in [-0.05, 0) is 51.8 Å². The van der Waals surface area contributed by atoms with Crippen LogP contribution in [0.25, 0.3) is 11.0 Å². The molecule has 27 heavy (non-hydrogen) atoms. The van der Waals surface area contributed by atoms with Crippen molar-refractivity contribution >= 4 is 23.0 Å². The van der Waals surface area contributed by atoms with E-state index in [9.17, 15) is 14.4 Å². The third-order valence-electron chi connectivity index (χ3n) is 3.69. The van der Waals surface area contributed by atoms with Gasteiger partial charge in [0.15, 0.2) is 0 Å². The van der Waals surface area contributed by atoms with E-state index in [1.807, 2.05) is 6.92 Å². The van der Waals surface area contributed by atoms with E-state index in [0.29, 0.717) is 18.4 Å². The topological polar surface area (TPSA) is 94.8 Å². The fourth-order valence-electron chi connectivity index (χ4n) is 2.54. The van der Waals surface area contributed by atoms with Crippen LogP contribution in [0.1, 0.15) is 46.1 Å². The Hall–Kier alpha value is -2.83. The summed E-state index contributed by atoms with van der Waals surface area (Å²) in [5, 5.41) is 3.30. The number of hydrogen-bond donors (Lipinski definition) is 1. The Morgan fingerprint density at radius 3 is 2.56 bits per heavy atom. The summed E-state index contributed by atoms with van der Waals surface area (Å²) in [6, 6.07) is 5.37. The van der Waals surface area contributed by atoms with Gasteiger partial charge in [-0.2, -0.15) is 0 Å². The predicted molar refractivity (Wildman–Crippen MR) is 101 cm³/mol. The maximum absolute atomic E-state index is 12.5. The van der Waals surface area contributed by atoms with E-state index in [2.05, 4.69) is 5.32 Å². The van der Waals surface area contributed by atoms with Crippen LogP contribution in [0.2, 0.25) is 0 Å². The van der Waals surface area contributed by atoms with Crippen LogP contribution >= 0.6 is 0 Å². The molecule has 1 atom stereocenters. The molecule has 1 N–H and O–H groups in total. The number of benzene rings is 1. The van der Waals surface area contributed by atoms with Gasteiger partial charge in [-0.15, -0.1) is 0 Å². The van der Waals surface area contributed by atoms with E-state index < -0.39 is 29.3 Å². The minimum Gasteiger partial charge on any atom is -0.444 e. The Kier molecular flexibility index (Phi) is 6.25. The van der Waals surface area contributed by atoms with Crippen LogP contribution in [0.3, 0.4) is 0 Å². The number of ether oxygens (including phenoxy) is 2. The molecular weight excluding hydrogens is 350 g/mol. The lowest BCUT2D eigenvalue weighted by atomic mass is 10.1. The lowest BCUT2D eigenvalue weighted by molar-refractivity contribution is -0.137. The van der Waals surface area contributed by atoms with E-state index in [0.717, 1.165) is 10.9 Å². The van der Waals surface area contributed by atoms with E-state index in [1.54, 1.807) is 39.8 Å². The van der Waals surface area contributed by atoms with Gasteiger partial charge in [-0.25, -0.2) is 14.4 Å². The first-order chi connectivity index (χ1) is 12.6. The summed E-state index contributed by atoms with van der Waals surface area (Å²) in [6.45, 7) is 8.91. The zero-order valence-corrected chi connectivity index (χ0v) is 16.3. The molecule has 0 bridgehead atoms. The molecule has 0 saturated heterocycles. The Balaban J connectivity index is 2.16. The number of rotatable bonds is 5. The van der Waals surface area contributed by atoms with Crippen LogP contribution in [-0.2, 0) is 9.53 Å². The molecule has 0 aliphatic rings. The number of alkyl carbamates (subject to hydrolysis) is 1. The van der Waals surface area contributed by atoms with E-state index in [-0.39, 0.29) is 5.75 Å². The Labute approximate surface area is 157 Å². The van der Waals surface area contributed by atoms with Crippen LogP contribution in [0, 0.1) is 6.92 Å². The third-order valence-corrected chi connectivity index (χ3v) is 3.69. The smallest absolute Gasteiger partial charge is 0.408 e. The maximum Gasteiger partial charge on any atom is 0.408 e. The summed E-state index contributed by atoms with van der Waals surface area (Å²) in [5.41, 5.74) is -0.0376. The second kappa shape index (κ2) is 8.24. The van der Waals surface area contributed by atoms with Crippen LogP contribution in [0.5, 0.6) is 5.75 Å². The number of carbonyl (C=O) groups is 2. The highest BCUT2D eigenvalue weighted by Gasteiger charge is 2.25. The molecule has 1 heterocycles. The minimum absolute atomic E-state index is 0.230. The van der Waals surface area contributed by atoms with Crippen LogP contribution in [-0.4, -0.2) is 23.7 Å². The van der Waals surface area contributed by atoms with Gasteiger partial charge in [0.2, 0.25) is 0 Å². The van der Waals surface area contributed by atoms with Gasteiger partial charge in [0, 0.05) is 17.5 Å². The second-order valence-electron chi connectivity index (χ2n) is 7.32. The van der Waals surface area contributed by atoms with E-state index in [4.69, 9.17) is 13.9 Å². The standard InChI is InChI=1S/C20H25NO6/c1-6-7-15(21-19(24)27-20(3,4)5)18(23)25-13-8-9-14-12(2)10-17(22)26-16(14)11-13/h8-11,15H,6-7H2,1-5H3,(H,21,24)/t15-/m0/s1. The quantitative estimate of drug-likeness (QED) is 0.486. The number of hydrogen-bond acceptors (Lipinski definition) is 6. The average molecular weight is 375 g/mol. The van der Waals surface area contributed by atoms with Gasteiger partial charge in [0.05, 0.1) is 0 Å². The summed E-state index contributed by atoms with van der Waals surface area (Å²) < 4.78 is 15.7. The van der Waals surface area contributed by atoms with Gasteiger partial charge < -0.3 is 19.2 Å². The average Bonchev–Trinajstić information content (AvgIpc) is 2.52. The summed E-state index contributed by atoms with van der Waals surface area (Å²) in [5.74, 6) is -0.384. The molecule has 0 fully saturated rings. The number of carbonyl (C=O) groups excluding carboxylic acids is 2. The lowest BCUT2D eigenvalue weighted by Gasteiger charge is -2.22. The molecule has 0 aliphatic carbocycles. The predicted octanol–water partition coefficient (Wildman–Crippen LogP) is 3.70. The fraction of sp³-hybridized carbons (Fsp3) is 0.450. The molecule has 1 aromatic heterocycles. The monoisotopic (exact) mass is 375 g/mol. The van der Waals surface area contributed by atoms with Gasteiger partial charge in [-0.3, -0.25) is 0 Å². The summed E-state index contributed by atoms with van der Waals surface area (Å²) in [4.78, 5) is 36.0. The molecule has 0 aliphatic heterocycles. The molecular formula is C20H25NO6. The first-order valence-electron chi connectivity index (χ1n) is 8.85. The van der Waals surface area contributed by atoms with Crippen molar-refractivity contribution in [2.45, 2.75) is 59.1 Å². The van der Waals surface area contributed by atoms with Gasteiger partial charge in [0.25, 0.3) is 0 Å². The van der Waals surface area contributed by atoms with Crippen molar-refractivity contribution in [3.8, 4) is 5.75 Å². The molecule has 2 aromatic rings. The van der Waals surface area contributed by atoms with E-state index >= 15 is 0 Å². The van der Waals surface area contributed by atoms with Crippen molar-refractivity contribution in [3.63, 3.8) is 0 Å². The molecule has 0 radical (unpaired) electrons. The van der Waals surface area contributed by atoms with Crippen molar-refractivity contribution in [1.29, 1.82) is 0 Å². The molecule has 7 nitrogen and oxygen atoms in total. The Morgan fingerprint density at radius 2 is 1.93 bits per heavy atom. The summed E-state index contributed by atoms with van der Waals surface area (Å²) in [6.07, 6.45) is 0.388. The molecule has 0 unspecified atom stereocenters. The minimum atomic E-state index is -0.843. The third kappa shape index (κ3) is 5.84. The van der Waals surface area contributed by atoms with Gasteiger partial charge in [0.1, 0.15) is 23.0 Å². The maximum atomic E-state index is 12.5. The highest BCUT2D eigenvalue weighted by Crippen LogP contribution is 2.22. The fourth-order valence-corrected chi connectivity index (χ4v) is 2.54. The molecule has 2 rings (SSSR count). The number of esters is 1. The zero-order valence-electron chi connectivity index (χ0n) is 16.3. The van der Waals surface area contributed by atoms with Crippen molar-refractivity contribution in [2.75, 3.05) is 0 Å². The number of aryl methyl sites for hydroxylation is 1. The molecule has 7 heteroatoms. The first kappa shape index (κ1) is 20.5. The van der Waals surface area contributed by atoms with Crippen molar-refractivity contribution in [1.82, 2.24) is 5.32 Å². The Morgan fingerprint density at radius 1 is 1.22 bits per heavy atom.